The molecule has 0 amide bonds. The predicted octanol–water partition coefficient (Wildman–Crippen LogP) is 3.09. The van der Waals surface area contributed by atoms with Crippen molar-refractivity contribution in [3.05, 3.63) is 66.6 Å². The molecular weight excluding hydrogens is 361 g/mol. The molecule has 0 fully saturated rings. The van der Waals surface area contributed by atoms with E-state index in [-0.39, 0.29) is 18.2 Å². The average molecular weight is 376 g/mol. The maximum absolute atomic E-state index is 12.5. The summed E-state index contributed by atoms with van der Waals surface area (Å²) in [6, 6.07) is 10.9. The maximum atomic E-state index is 12.5. The lowest BCUT2D eigenvalue weighted by molar-refractivity contribution is -0.274. The Kier molecular flexibility index (Phi) is 5.25. The molecule has 0 aliphatic heterocycles. The highest BCUT2D eigenvalue weighted by Gasteiger charge is 2.32. The second-order valence-electron chi connectivity index (χ2n) is 5.34. The summed E-state index contributed by atoms with van der Waals surface area (Å²) in [5.74, 6) is 0.168. The first-order valence-corrected chi connectivity index (χ1v) is 7.77. The fourth-order valence-electron chi connectivity index (χ4n) is 2.23. The van der Waals surface area contributed by atoms with Crippen molar-refractivity contribution < 1.29 is 17.9 Å². The average Bonchev–Trinajstić information content (AvgIpc) is 3.15. The molecule has 0 aliphatic rings. The van der Waals surface area contributed by atoms with E-state index in [1.165, 1.54) is 18.2 Å². The first-order valence-electron chi connectivity index (χ1n) is 7.77. The number of nitrogens with one attached hydrogen (secondary N) is 1. The molecule has 2 heterocycles. The molecule has 7 nitrogen and oxygen atoms in total. The second kappa shape index (κ2) is 7.77. The van der Waals surface area contributed by atoms with E-state index in [0.29, 0.717) is 5.82 Å². The number of pyridine rings is 1. The number of alkyl halides is 3. The van der Waals surface area contributed by atoms with Crippen LogP contribution in [0.3, 0.4) is 0 Å². The fraction of sp³-hybridized carbons (Fsp3) is 0.118. The van der Waals surface area contributed by atoms with E-state index >= 15 is 0 Å². The number of hydrogen-bond acceptors (Lipinski definition) is 4. The van der Waals surface area contributed by atoms with Gasteiger partial charge in [-0.05, 0) is 35.9 Å². The van der Waals surface area contributed by atoms with Crippen LogP contribution in [0.2, 0.25) is 0 Å². The molecule has 2 aromatic heterocycles. The van der Waals surface area contributed by atoms with E-state index in [2.05, 4.69) is 25.1 Å². The van der Waals surface area contributed by atoms with Crippen molar-refractivity contribution in [2.75, 3.05) is 5.32 Å². The number of nitrogens with zero attached hydrogens (tertiary/aromatic N) is 4. The Morgan fingerprint density at radius 2 is 2.00 bits per heavy atom. The Morgan fingerprint density at radius 3 is 2.74 bits per heavy atom. The Morgan fingerprint density at radius 1 is 1.19 bits per heavy atom. The molecule has 10 heteroatoms. The summed E-state index contributed by atoms with van der Waals surface area (Å²) in [7, 11) is 0. The van der Waals surface area contributed by atoms with Crippen molar-refractivity contribution in [2.45, 2.75) is 12.9 Å². The highest BCUT2D eigenvalue weighted by Crippen LogP contribution is 2.29. The molecule has 3 aromatic rings. The zero-order valence-corrected chi connectivity index (χ0v) is 13.9. The molecular formula is C17H15F3N6O. The van der Waals surface area contributed by atoms with Gasteiger partial charge in [-0.1, -0.05) is 12.1 Å². The van der Waals surface area contributed by atoms with E-state index < -0.39 is 12.1 Å². The third-order valence-electron chi connectivity index (χ3n) is 3.36. The van der Waals surface area contributed by atoms with E-state index in [4.69, 9.17) is 5.73 Å². The van der Waals surface area contributed by atoms with Crippen molar-refractivity contribution in [3.63, 3.8) is 0 Å². The van der Waals surface area contributed by atoms with Crippen LogP contribution in [0.5, 0.6) is 5.75 Å². The van der Waals surface area contributed by atoms with Gasteiger partial charge in [0.15, 0.2) is 17.5 Å². The molecule has 0 radical (unpaired) electrons. The predicted molar refractivity (Wildman–Crippen MR) is 93.4 cm³/mol. The van der Waals surface area contributed by atoms with Gasteiger partial charge < -0.3 is 15.8 Å². The van der Waals surface area contributed by atoms with Crippen LogP contribution in [-0.4, -0.2) is 27.1 Å². The van der Waals surface area contributed by atoms with E-state index in [0.717, 1.165) is 5.56 Å². The highest BCUT2D eigenvalue weighted by molar-refractivity contribution is 5.93. The van der Waals surface area contributed by atoms with Crippen molar-refractivity contribution in [1.29, 1.82) is 0 Å². The van der Waals surface area contributed by atoms with E-state index in [9.17, 15) is 13.2 Å². The van der Waals surface area contributed by atoms with Gasteiger partial charge in [0.1, 0.15) is 0 Å². The lowest BCUT2D eigenvalue weighted by Gasteiger charge is -2.14. The first-order chi connectivity index (χ1) is 12.9. The van der Waals surface area contributed by atoms with Crippen molar-refractivity contribution in [2.24, 2.45) is 10.7 Å². The number of aliphatic imine (C=N–C) groups is 1. The summed E-state index contributed by atoms with van der Waals surface area (Å²) in [6.07, 6.45) is 0.194. The largest absolute Gasteiger partial charge is 0.573 e. The third kappa shape index (κ3) is 5.21. The molecule has 0 spiro atoms. The number of nitrogens with two attached hydrogens (primary N) is 1. The molecule has 0 bridgehead atoms. The smallest absolute Gasteiger partial charge is 0.404 e. The summed E-state index contributed by atoms with van der Waals surface area (Å²) in [5, 5.41) is 6.71. The van der Waals surface area contributed by atoms with Crippen molar-refractivity contribution in [3.8, 4) is 11.6 Å². The molecule has 1 aromatic carbocycles. The minimum absolute atomic E-state index is 0.0503. The zero-order valence-electron chi connectivity index (χ0n) is 13.9. The number of halogens is 3. The molecule has 3 rings (SSSR count). The number of aromatic nitrogens is 3. The Bertz CT molecular complexity index is 924. The number of para-hydroxylation sites is 2. The molecule has 0 saturated carbocycles. The minimum Gasteiger partial charge on any atom is -0.404 e. The first kappa shape index (κ1) is 18.2. The quantitative estimate of drug-likeness (QED) is 0.528. The molecule has 0 atom stereocenters. The monoisotopic (exact) mass is 376 g/mol. The van der Waals surface area contributed by atoms with Crippen LogP contribution in [0.1, 0.15) is 5.56 Å². The summed E-state index contributed by atoms with van der Waals surface area (Å²) < 4.78 is 42.9. The number of ether oxygens (including phenoxy) is 1. The van der Waals surface area contributed by atoms with Gasteiger partial charge in [0.2, 0.25) is 0 Å². The Hall–Kier alpha value is -3.56. The molecule has 27 heavy (non-hydrogen) atoms. The summed E-state index contributed by atoms with van der Waals surface area (Å²) in [6.45, 7) is 0.206. The molecule has 0 aliphatic carbocycles. The van der Waals surface area contributed by atoms with E-state index in [1.54, 1.807) is 47.5 Å². The van der Waals surface area contributed by atoms with Crippen molar-refractivity contribution >= 4 is 11.6 Å². The fourth-order valence-corrected chi connectivity index (χ4v) is 2.23. The Balaban J connectivity index is 1.70. The summed E-state index contributed by atoms with van der Waals surface area (Å²) >= 11 is 0. The molecule has 3 N–H and O–H groups in total. The van der Waals surface area contributed by atoms with Crippen LogP contribution < -0.4 is 15.8 Å². The van der Waals surface area contributed by atoms with Crippen LogP contribution in [0.15, 0.2) is 66.0 Å². The number of anilines is 1. The molecule has 0 unspecified atom stereocenters. The topological polar surface area (TPSA) is 90.4 Å². The summed E-state index contributed by atoms with van der Waals surface area (Å²) in [4.78, 5) is 8.34. The van der Waals surface area contributed by atoms with Gasteiger partial charge in [0.05, 0.1) is 12.2 Å². The lowest BCUT2D eigenvalue weighted by atomic mass is 10.2. The van der Waals surface area contributed by atoms with Crippen LogP contribution >= 0.6 is 0 Å². The summed E-state index contributed by atoms with van der Waals surface area (Å²) in [5.41, 5.74) is 6.65. The highest BCUT2D eigenvalue weighted by atomic mass is 19.4. The SMILES string of the molecule is NC(=NCc1ccnc(-n2cccn2)c1)Nc1ccccc1OC(F)(F)F. The van der Waals surface area contributed by atoms with Gasteiger partial charge in [-0.25, -0.2) is 14.7 Å². The second-order valence-corrected chi connectivity index (χ2v) is 5.34. The van der Waals surface area contributed by atoms with Gasteiger partial charge in [0, 0.05) is 18.6 Å². The van der Waals surface area contributed by atoms with Crippen LogP contribution in [0.4, 0.5) is 18.9 Å². The number of rotatable bonds is 5. The van der Waals surface area contributed by atoms with Gasteiger partial charge in [-0.15, -0.1) is 13.2 Å². The Labute approximate surface area is 152 Å². The van der Waals surface area contributed by atoms with Crippen LogP contribution in [0, 0.1) is 0 Å². The van der Waals surface area contributed by atoms with Gasteiger partial charge >= 0.3 is 6.36 Å². The van der Waals surface area contributed by atoms with Gasteiger partial charge in [-0.3, -0.25) is 0 Å². The number of hydrogen-bond donors (Lipinski definition) is 2. The normalized spacial score (nSPS) is 12.0. The molecule has 140 valence electrons. The van der Waals surface area contributed by atoms with E-state index in [1.807, 2.05) is 0 Å². The number of guanidine groups is 1. The lowest BCUT2D eigenvalue weighted by Crippen LogP contribution is -2.24. The third-order valence-corrected chi connectivity index (χ3v) is 3.36. The number of benzene rings is 1. The standard InChI is InChI=1S/C17H15F3N6O/c18-17(19,20)27-14-5-2-1-4-13(14)25-16(21)23-11-12-6-8-22-15(10-12)26-9-3-7-24-26/h1-10H,11H2,(H3,21,23,25). The van der Waals surface area contributed by atoms with Gasteiger partial charge in [-0.2, -0.15) is 5.10 Å². The van der Waals surface area contributed by atoms with Gasteiger partial charge in [0.25, 0.3) is 0 Å². The minimum atomic E-state index is -4.80. The van der Waals surface area contributed by atoms with Crippen LogP contribution in [-0.2, 0) is 6.54 Å². The maximum Gasteiger partial charge on any atom is 0.573 e. The van der Waals surface area contributed by atoms with Crippen molar-refractivity contribution in [1.82, 2.24) is 14.8 Å². The zero-order chi connectivity index (χ0) is 19.3. The van der Waals surface area contributed by atoms with Crippen LogP contribution in [0.25, 0.3) is 5.82 Å². The molecule has 0 saturated heterocycles.